The van der Waals surface area contributed by atoms with Gasteiger partial charge in [-0.15, -0.1) is 0 Å². The molecule has 116 valence electrons. The Morgan fingerprint density at radius 3 is 2.33 bits per heavy atom. The Kier molecular flexibility index (Phi) is 4.91. The maximum Gasteiger partial charge on any atom is 0.162 e. The van der Waals surface area contributed by atoms with Gasteiger partial charge in [0.1, 0.15) is 13.2 Å². The Bertz CT molecular complexity index is 481. The van der Waals surface area contributed by atoms with Crippen molar-refractivity contribution in [2.75, 3.05) is 13.2 Å². The van der Waals surface area contributed by atoms with Gasteiger partial charge >= 0.3 is 0 Å². The van der Waals surface area contributed by atoms with Gasteiger partial charge in [0.05, 0.1) is 11.1 Å². The van der Waals surface area contributed by atoms with Crippen molar-refractivity contribution in [2.45, 2.75) is 51.0 Å². The molecule has 0 radical (unpaired) electrons. The van der Waals surface area contributed by atoms with Crippen molar-refractivity contribution in [2.24, 2.45) is 5.92 Å². The molecule has 0 bridgehead atoms. The Hall–Kier alpha value is -0.930. The predicted octanol–water partition coefficient (Wildman–Crippen LogP) is 4.51. The van der Waals surface area contributed by atoms with Gasteiger partial charge < -0.3 is 14.6 Å². The van der Waals surface area contributed by atoms with Gasteiger partial charge in [-0.1, -0.05) is 50.1 Å². The largest absolute Gasteiger partial charge is 0.486 e. The first-order valence-electron chi connectivity index (χ1n) is 8.01. The van der Waals surface area contributed by atoms with Crippen molar-refractivity contribution in [1.29, 1.82) is 0 Å². The van der Waals surface area contributed by atoms with Crippen molar-refractivity contribution >= 4 is 11.6 Å². The van der Waals surface area contributed by atoms with E-state index >= 15 is 0 Å². The van der Waals surface area contributed by atoms with Gasteiger partial charge in [-0.05, 0) is 18.4 Å². The molecule has 1 saturated carbocycles. The molecule has 1 aliphatic carbocycles. The minimum Gasteiger partial charge on any atom is -0.486 e. The van der Waals surface area contributed by atoms with Gasteiger partial charge in [-0.3, -0.25) is 0 Å². The van der Waals surface area contributed by atoms with E-state index in [9.17, 15) is 5.11 Å². The van der Waals surface area contributed by atoms with Gasteiger partial charge in [0, 0.05) is 11.6 Å². The fourth-order valence-corrected chi connectivity index (χ4v) is 3.66. The molecule has 1 aliphatic heterocycles. The highest BCUT2D eigenvalue weighted by atomic mass is 35.5. The van der Waals surface area contributed by atoms with E-state index in [-0.39, 0.29) is 0 Å². The molecule has 21 heavy (non-hydrogen) atoms. The number of ether oxygens (including phenoxy) is 2. The topological polar surface area (TPSA) is 38.7 Å². The minimum atomic E-state index is -0.517. The molecule has 2 aliphatic rings. The zero-order valence-electron chi connectivity index (χ0n) is 12.3. The van der Waals surface area contributed by atoms with E-state index in [2.05, 4.69) is 0 Å². The monoisotopic (exact) mass is 310 g/mol. The second-order valence-corrected chi connectivity index (χ2v) is 6.53. The predicted molar refractivity (Wildman–Crippen MR) is 83.2 cm³/mol. The summed E-state index contributed by atoms with van der Waals surface area (Å²) < 4.78 is 11.1. The highest BCUT2D eigenvalue weighted by Crippen LogP contribution is 2.40. The first kappa shape index (κ1) is 15.0. The lowest BCUT2D eigenvalue weighted by atomic mass is 9.91. The number of rotatable bonds is 3. The van der Waals surface area contributed by atoms with Gasteiger partial charge in [0.25, 0.3) is 0 Å². The van der Waals surface area contributed by atoms with Crippen LogP contribution in [0.15, 0.2) is 12.1 Å². The molecular weight excluding hydrogens is 288 g/mol. The fourth-order valence-electron chi connectivity index (χ4n) is 3.38. The summed E-state index contributed by atoms with van der Waals surface area (Å²) in [7, 11) is 0. The van der Waals surface area contributed by atoms with Crippen molar-refractivity contribution in [3.63, 3.8) is 0 Å². The van der Waals surface area contributed by atoms with E-state index in [0.717, 1.165) is 12.0 Å². The second-order valence-electron chi connectivity index (χ2n) is 6.13. The summed E-state index contributed by atoms with van der Waals surface area (Å²) in [5.41, 5.74) is 0.769. The first-order chi connectivity index (χ1) is 10.2. The number of benzene rings is 1. The fraction of sp³-hybridized carbons (Fsp3) is 0.647. The highest BCUT2D eigenvalue weighted by Gasteiger charge is 2.22. The summed E-state index contributed by atoms with van der Waals surface area (Å²) in [6.07, 6.45) is 7.95. The van der Waals surface area contributed by atoms with Crippen LogP contribution in [0, 0.1) is 5.92 Å². The Labute approximate surface area is 131 Å². The molecule has 1 fully saturated rings. The van der Waals surface area contributed by atoms with E-state index in [0.29, 0.717) is 35.7 Å². The third-order valence-corrected chi connectivity index (χ3v) is 4.88. The van der Waals surface area contributed by atoms with Crippen LogP contribution < -0.4 is 9.47 Å². The number of hydrogen-bond acceptors (Lipinski definition) is 3. The molecule has 0 aromatic heterocycles. The second kappa shape index (κ2) is 6.89. The number of fused-ring (bicyclic) bond motifs is 1. The summed E-state index contributed by atoms with van der Waals surface area (Å²) >= 11 is 6.31. The zero-order chi connectivity index (χ0) is 14.7. The lowest BCUT2D eigenvalue weighted by Gasteiger charge is -2.23. The third-order valence-electron chi connectivity index (χ3n) is 4.55. The quantitative estimate of drug-likeness (QED) is 0.835. The molecule has 4 heteroatoms. The van der Waals surface area contributed by atoms with Crippen molar-refractivity contribution in [1.82, 2.24) is 0 Å². The van der Waals surface area contributed by atoms with Crippen molar-refractivity contribution < 1.29 is 14.6 Å². The van der Waals surface area contributed by atoms with E-state index in [1.54, 1.807) is 6.07 Å². The lowest BCUT2D eigenvalue weighted by molar-refractivity contribution is 0.137. The molecule has 3 nitrogen and oxygen atoms in total. The van der Waals surface area contributed by atoms with Crippen LogP contribution in [0.1, 0.15) is 56.6 Å². The Balaban J connectivity index is 1.72. The van der Waals surface area contributed by atoms with Crippen LogP contribution in [-0.2, 0) is 0 Å². The highest BCUT2D eigenvalue weighted by molar-refractivity contribution is 6.31. The summed E-state index contributed by atoms with van der Waals surface area (Å²) in [4.78, 5) is 0. The lowest BCUT2D eigenvalue weighted by Crippen LogP contribution is -2.16. The number of aliphatic hydroxyl groups is 1. The van der Waals surface area contributed by atoms with Crippen molar-refractivity contribution in [3.05, 3.63) is 22.7 Å². The van der Waals surface area contributed by atoms with E-state index in [4.69, 9.17) is 21.1 Å². The number of halogens is 1. The van der Waals surface area contributed by atoms with Crippen LogP contribution in [0.3, 0.4) is 0 Å². The van der Waals surface area contributed by atoms with Crippen LogP contribution in [0.2, 0.25) is 5.02 Å². The summed E-state index contributed by atoms with van der Waals surface area (Å²) in [5, 5.41) is 11.1. The van der Waals surface area contributed by atoms with Crippen LogP contribution in [0.5, 0.6) is 11.5 Å². The van der Waals surface area contributed by atoms with Crippen LogP contribution >= 0.6 is 11.6 Å². The third kappa shape index (κ3) is 3.64. The van der Waals surface area contributed by atoms with Crippen LogP contribution in [-0.4, -0.2) is 18.3 Å². The average molecular weight is 311 g/mol. The molecule has 1 atom stereocenters. The summed E-state index contributed by atoms with van der Waals surface area (Å²) in [6.45, 7) is 1.10. The van der Waals surface area contributed by atoms with Gasteiger partial charge in [0.15, 0.2) is 11.5 Å². The molecular formula is C17H23ClO3. The molecule has 3 rings (SSSR count). The molecule has 0 spiro atoms. The van der Waals surface area contributed by atoms with Crippen LogP contribution in [0.4, 0.5) is 0 Å². The zero-order valence-corrected chi connectivity index (χ0v) is 13.1. The van der Waals surface area contributed by atoms with E-state index < -0.39 is 6.10 Å². The minimum absolute atomic E-state index is 0.517. The Morgan fingerprint density at radius 2 is 1.67 bits per heavy atom. The maximum atomic E-state index is 10.6. The summed E-state index contributed by atoms with van der Waals surface area (Å²) in [5.74, 6) is 1.98. The molecule has 0 saturated heterocycles. The van der Waals surface area contributed by atoms with Crippen LogP contribution in [0.25, 0.3) is 0 Å². The SMILES string of the molecule is OC(CC1CCCCCC1)c1cc2c(cc1Cl)OCCO2. The molecule has 1 aromatic carbocycles. The maximum absolute atomic E-state index is 10.6. The standard InChI is InChI=1S/C17H23ClO3/c18-14-11-17-16(20-7-8-21-17)10-13(14)15(19)9-12-5-3-1-2-4-6-12/h10-12,15,19H,1-9H2. The average Bonchev–Trinajstić information content (AvgIpc) is 2.75. The van der Waals surface area contributed by atoms with Gasteiger partial charge in [-0.2, -0.15) is 0 Å². The molecule has 1 heterocycles. The van der Waals surface area contributed by atoms with E-state index in [1.165, 1.54) is 38.5 Å². The molecule has 1 unspecified atom stereocenters. The van der Waals surface area contributed by atoms with Gasteiger partial charge in [0.2, 0.25) is 0 Å². The van der Waals surface area contributed by atoms with Gasteiger partial charge in [-0.25, -0.2) is 0 Å². The number of hydrogen-bond donors (Lipinski definition) is 1. The Morgan fingerprint density at radius 1 is 1.05 bits per heavy atom. The number of aliphatic hydroxyl groups excluding tert-OH is 1. The molecule has 0 amide bonds. The molecule has 1 N–H and O–H groups in total. The summed E-state index contributed by atoms with van der Waals surface area (Å²) in [6, 6.07) is 3.61. The smallest absolute Gasteiger partial charge is 0.162 e. The molecule has 1 aromatic rings. The normalized spacial score (nSPS) is 20.9. The van der Waals surface area contributed by atoms with E-state index in [1.807, 2.05) is 6.07 Å². The first-order valence-corrected chi connectivity index (χ1v) is 8.39. The van der Waals surface area contributed by atoms with Crippen molar-refractivity contribution in [3.8, 4) is 11.5 Å².